The first-order valence-corrected chi connectivity index (χ1v) is 8.47. The number of hydrogen-bond acceptors (Lipinski definition) is 4. The van der Waals surface area contributed by atoms with E-state index in [0.717, 1.165) is 34.2 Å². The van der Waals surface area contributed by atoms with Gasteiger partial charge >= 0.3 is 0 Å². The summed E-state index contributed by atoms with van der Waals surface area (Å²) in [4.78, 5) is 20.0. The normalized spacial score (nSPS) is 18.5. The van der Waals surface area contributed by atoms with E-state index in [1.807, 2.05) is 43.0 Å². The van der Waals surface area contributed by atoms with Crippen LogP contribution in [0.25, 0.3) is 0 Å². The summed E-state index contributed by atoms with van der Waals surface area (Å²) in [6.45, 7) is 6.06. The molecule has 116 valence electrons. The number of hydrogen-bond donors (Lipinski definition) is 1. The molecule has 1 atom stereocenters. The SMILES string of the molecule is Cc1nc(C)c(C(=O)N2CCNCC2c2cccc(Cl)c2)s1. The molecule has 0 radical (unpaired) electrons. The average Bonchev–Trinajstić information content (AvgIpc) is 2.85. The second kappa shape index (κ2) is 6.36. The summed E-state index contributed by atoms with van der Waals surface area (Å²) >= 11 is 7.57. The van der Waals surface area contributed by atoms with Crippen LogP contribution in [0.4, 0.5) is 0 Å². The Balaban J connectivity index is 1.92. The third-order valence-electron chi connectivity index (χ3n) is 3.84. The van der Waals surface area contributed by atoms with Crippen molar-refractivity contribution in [1.82, 2.24) is 15.2 Å². The highest BCUT2D eigenvalue weighted by Crippen LogP contribution is 2.28. The van der Waals surface area contributed by atoms with E-state index in [9.17, 15) is 4.79 Å². The van der Waals surface area contributed by atoms with Gasteiger partial charge in [0.1, 0.15) is 4.88 Å². The smallest absolute Gasteiger partial charge is 0.266 e. The number of aromatic nitrogens is 1. The Kier molecular flexibility index (Phi) is 4.47. The molecule has 1 fully saturated rings. The van der Waals surface area contributed by atoms with Gasteiger partial charge in [-0.25, -0.2) is 4.98 Å². The maximum Gasteiger partial charge on any atom is 0.266 e. The number of halogens is 1. The van der Waals surface area contributed by atoms with Crippen molar-refractivity contribution >= 4 is 28.8 Å². The number of carbonyl (C=O) groups excluding carboxylic acids is 1. The zero-order valence-corrected chi connectivity index (χ0v) is 14.2. The number of carbonyl (C=O) groups is 1. The molecule has 1 aliphatic heterocycles. The van der Waals surface area contributed by atoms with Crippen molar-refractivity contribution < 1.29 is 4.79 Å². The molecule has 0 saturated carbocycles. The molecule has 1 aliphatic rings. The zero-order valence-electron chi connectivity index (χ0n) is 12.6. The maximum atomic E-state index is 12.9. The van der Waals surface area contributed by atoms with Gasteiger partial charge in [-0.05, 0) is 31.5 Å². The van der Waals surface area contributed by atoms with Crippen molar-refractivity contribution in [3.05, 3.63) is 50.4 Å². The molecule has 1 amide bonds. The van der Waals surface area contributed by atoms with Gasteiger partial charge in [-0.3, -0.25) is 4.79 Å². The van der Waals surface area contributed by atoms with Crippen LogP contribution >= 0.6 is 22.9 Å². The highest BCUT2D eigenvalue weighted by Gasteiger charge is 2.30. The summed E-state index contributed by atoms with van der Waals surface area (Å²) in [6, 6.07) is 7.74. The molecule has 2 heterocycles. The Morgan fingerprint density at radius 2 is 2.27 bits per heavy atom. The number of benzene rings is 1. The average molecular weight is 336 g/mol. The van der Waals surface area contributed by atoms with Gasteiger partial charge in [0, 0.05) is 24.7 Å². The summed E-state index contributed by atoms with van der Waals surface area (Å²) in [7, 11) is 0. The van der Waals surface area contributed by atoms with Crippen LogP contribution in [-0.2, 0) is 0 Å². The fourth-order valence-corrected chi connectivity index (χ4v) is 3.89. The summed E-state index contributed by atoms with van der Waals surface area (Å²) < 4.78 is 0. The Hall–Kier alpha value is -1.43. The summed E-state index contributed by atoms with van der Waals surface area (Å²) in [6.07, 6.45) is 0. The minimum absolute atomic E-state index is 0.00163. The minimum Gasteiger partial charge on any atom is -0.328 e. The molecule has 0 spiro atoms. The van der Waals surface area contributed by atoms with Crippen LogP contribution in [-0.4, -0.2) is 35.4 Å². The predicted octanol–water partition coefficient (Wildman–Crippen LogP) is 3.20. The van der Waals surface area contributed by atoms with Gasteiger partial charge in [0.25, 0.3) is 5.91 Å². The van der Waals surface area contributed by atoms with Gasteiger partial charge in [-0.15, -0.1) is 11.3 Å². The van der Waals surface area contributed by atoms with Crippen molar-refractivity contribution in [1.29, 1.82) is 0 Å². The van der Waals surface area contributed by atoms with E-state index in [1.54, 1.807) is 0 Å². The molecule has 1 aromatic heterocycles. The summed E-state index contributed by atoms with van der Waals surface area (Å²) in [5, 5.41) is 4.98. The van der Waals surface area contributed by atoms with E-state index in [-0.39, 0.29) is 11.9 Å². The number of rotatable bonds is 2. The maximum absolute atomic E-state index is 12.9. The molecule has 0 bridgehead atoms. The highest BCUT2D eigenvalue weighted by atomic mass is 35.5. The second-order valence-electron chi connectivity index (χ2n) is 5.42. The fraction of sp³-hybridized carbons (Fsp3) is 0.375. The molecule has 22 heavy (non-hydrogen) atoms. The lowest BCUT2D eigenvalue weighted by molar-refractivity contribution is 0.0638. The third kappa shape index (κ3) is 3.02. The fourth-order valence-electron chi connectivity index (χ4n) is 2.82. The lowest BCUT2D eigenvalue weighted by atomic mass is 10.0. The molecular weight excluding hydrogens is 318 g/mol. The standard InChI is InChI=1S/C16H18ClN3OS/c1-10-15(22-11(2)19-10)16(21)20-7-6-18-9-14(20)12-4-3-5-13(17)8-12/h3-5,8,14,18H,6-7,9H2,1-2H3. The third-order valence-corrected chi connectivity index (χ3v) is 5.13. The van der Waals surface area contributed by atoms with Crippen molar-refractivity contribution in [2.75, 3.05) is 19.6 Å². The Morgan fingerprint density at radius 3 is 2.95 bits per heavy atom. The molecule has 1 saturated heterocycles. The monoisotopic (exact) mass is 335 g/mol. The number of aryl methyl sites for hydroxylation is 2. The number of thiazole rings is 1. The minimum atomic E-state index is 0.00163. The van der Waals surface area contributed by atoms with Crippen LogP contribution < -0.4 is 5.32 Å². The second-order valence-corrected chi connectivity index (χ2v) is 7.06. The van der Waals surface area contributed by atoms with Gasteiger partial charge in [0.2, 0.25) is 0 Å². The van der Waals surface area contributed by atoms with E-state index in [1.165, 1.54) is 11.3 Å². The Bertz CT molecular complexity index is 700. The summed E-state index contributed by atoms with van der Waals surface area (Å²) in [5.41, 5.74) is 1.88. The predicted molar refractivity (Wildman–Crippen MR) is 89.7 cm³/mol. The molecule has 1 aromatic carbocycles. The topological polar surface area (TPSA) is 45.2 Å². The first-order valence-electron chi connectivity index (χ1n) is 7.27. The van der Waals surface area contributed by atoms with Gasteiger partial charge in [-0.1, -0.05) is 23.7 Å². The number of nitrogens with zero attached hydrogens (tertiary/aromatic N) is 2. The van der Waals surface area contributed by atoms with Crippen LogP contribution in [0.2, 0.25) is 5.02 Å². The lowest BCUT2D eigenvalue weighted by Gasteiger charge is -2.36. The van der Waals surface area contributed by atoms with E-state index < -0.39 is 0 Å². The highest BCUT2D eigenvalue weighted by molar-refractivity contribution is 7.13. The van der Waals surface area contributed by atoms with Gasteiger partial charge in [-0.2, -0.15) is 0 Å². The molecule has 4 nitrogen and oxygen atoms in total. The van der Waals surface area contributed by atoms with Crippen molar-refractivity contribution in [2.24, 2.45) is 0 Å². The van der Waals surface area contributed by atoms with Crippen LogP contribution in [0.1, 0.15) is 32.0 Å². The van der Waals surface area contributed by atoms with Crippen LogP contribution in [0.5, 0.6) is 0 Å². The molecule has 3 rings (SSSR count). The molecular formula is C16H18ClN3OS. The summed E-state index contributed by atoms with van der Waals surface area (Å²) in [5.74, 6) is 0.0644. The van der Waals surface area contributed by atoms with E-state index >= 15 is 0 Å². The lowest BCUT2D eigenvalue weighted by Crippen LogP contribution is -2.48. The van der Waals surface area contributed by atoms with Crippen molar-refractivity contribution in [3.63, 3.8) is 0 Å². The molecule has 2 aromatic rings. The van der Waals surface area contributed by atoms with Crippen LogP contribution in [0.15, 0.2) is 24.3 Å². The van der Waals surface area contributed by atoms with Crippen molar-refractivity contribution in [2.45, 2.75) is 19.9 Å². The first-order chi connectivity index (χ1) is 10.6. The van der Waals surface area contributed by atoms with Gasteiger partial charge in [0.05, 0.1) is 16.7 Å². The number of nitrogens with one attached hydrogen (secondary N) is 1. The zero-order chi connectivity index (χ0) is 15.7. The Labute approximate surface area is 139 Å². The van der Waals surface area contributed by atoms with E-state index in [0.29, 0.717) is 11.6 Å². The van der Waals surface area contributed by atoms with Crippen LogP contribution in [0, 0.1) is 13.8 Å². The van der Waals surface area contributed by atoms with Gasteiger partial charge in [0.15, 0.2) is 0 Å². The van der Waals surface area contributed by atoms with Crippen LogP contribution in [0.3, 0.4) is 0 Å². The quantitative estimate of drug-likeness (QED) is 0.916. The number of piperazine rings is 1. The van der Waals surface area contributed by atoms with Crippen molar-refractivity contribution in [3.8, 4) is 0 Å². The van der Waals surface area contributed by atoms with E-state index in [2.05, 4.69) is 10.3 Å². The number of amides is 1. The van der Waals surface area contributed by atoms with Gasteiger partial charge < -0.3 is 10.2 Å². The molecule has 1 unspecified atom stereocenters. The molecule has 1 N–H and O–H groups in total. The molecule has 0 aliphatic carbocycles. The Morgan fingerprint density at radius 1 is 1.45 bits per heavy atom. The first kappa shape index (κ1) is 15.5. The largest absolute Gasteiger partial charge is 0.328 e. The molecule has 6 heteroatoms. The van der Waals surface area contributed by atoms with E-state index in [4.69, 9.17) is 11.6 Å².